The molecule has 1 atom stereocenters. The Morgan fingerprint density at radius 2 is 1.95 bits per heavy atom. The summed E-state index contributed by atoms with van der Waals surface area (Å²) in [5, 5.41) is 0. The van der Waals surface area contributed by atoms with E-state index in [1.54, 1.807) is 0 Å². The molecule has 0 aliphatic heterocycles. The fourth-order valence-corrected chi connectivity index (χ4v) is 1.80. The van der Waals surface area contributed by atoms with Gasteiger partial charge in [0, 0.05) is 26.6 Å². The molecule has 0 spiro atoms. The third-order valence-electron chi connectivity index (χ3n) is 2.82. The van der Waals surface area contributed by atoms with Gasteiger partial charge in [0.15, 0.2) is 0 Å². The number of benzene rings is 1. The molecule has 0 saturated heterocycles. The average molecular weight is 279 g/mol. The number of methoxy groups -OCH3 is 1. The SMILES string of the molecule is COCC(N)C(=O)N(CCC(N)=O)Cc1ccccc1. The fraction of sp³-hybridized carbons (Fsp3) is 0.429. The predicted octanol–water partition coefficient (Wildman–Crippen LogP) is -0.136. The number of ether oxygens (including phenoxy) is 1. The zero-order chi connectivity index (χ0) is 15.0. The van der Waals surface area contributed by atoms with Crippen molar-refractivity contribution in [1.82, 2.24) is 4.90 Å². The Morgan fingerprint density at radius 1 is 1.30 bits per heavy atom. The van der Waals surface area contributed by atoms with Crippen LogP contribution in [0.25, 0.3) is 0 Å². The molecule has 1 unspecified atom stereocenters. The molecule has 0 fully saturated rings. The van der Waals surface area contributed by atoms with E-state index in [0.29, 0.717) is 6.54 Å². The van der Waals surface area contributed by atoms with Crippen LogP contribution >= 0.6 is 0 Å². The Morgan fingerprint density at radius 3 is 2.50 bits per heavy atom. The van der Waals surface area contributed by atoms with Gasteiger partial charge in [-0.3, -0.25) is 9.59 Å². The van der Waals surface area contributed by atoms with E-state index in [0.717, 1.165) is 5.56 Å². The summed E-state index contributed by atoms with van der Waals surface area (Å²) in [5.41, 5.74) is 11.9. The van der Waals surface area contributed by atoms with Crippen molar-refractivity contribution in [2.24, 2.45) is 11.5 Å². The lowest BCUT2D eigenvalue weighted by Crippen LogP contribution is -2.46. The topological polar surface area (TPSA) is 98.7 Å². The van der Waals surface area contributed by atoms with Crippen molar-refractivity contribution in [3.8, 4) is 0 Å². The van der Waals surface area contributed by atoms with Gasteiger partial charge in [-0.1, -0.05) is 30.3 Å². The van der Waals surface area contributed by atoms with Crippen LogP contribution in [0.2, 0.25) is 0 Å². The van der Waals surface area contributed by atoms with Crippen LogP contribution in [0.1, 0.15) is 12.0 Å². The lowest BCUT2D eigenvalue weighted by atomic mass is 10.2. The average Bonchev–Trinajstić information content (AvgIpc) is 2.44. The van der Waals surface area contributed by atoms with Gasteiger partial charge in [0.05, 0.1) is 6.61 Å². The van der Waals surface area contributed by atoms with E-state index in [4.69, 9.17) is 16.2 Å². The van der Waals surface area contributed by atoms with Gasteiger partial charge in [-0.15, -0.1) is 0 Å². The summed E-state index contributed by atoms with van der Waals surface area (Å²) in [6.07, 6.45) is 0.109. The first kappa shape index (κ1) is 16.1. The Kier molecular flexibility index (Phi) is 6.69. The van der Waals surface area contributed by atoms with Crippen molar-refractivity contribution in [2.45, 2.75) is 19.0 Å². The number of carbonyl (C=O) groups excluding carboxylic acids is 2. The molecule has 1 aromatic carbocycles. The summed E-state index contributed by atoms with van der Waals surface area (Å²) in [6.45, 7) is 0.783. The van der Waals surface area contributed by atoms with E-state index in [1.165, 1.54) is 12.0 Å². The van der Waals surface area contributed by atoms with Gasteiger partial charge in [0.25, 0.3) is 0 Å². The molecule has 110 valence electrons. The van der Waals surface area contributed by atoms with E-state index in [-0.39, 0.29) is 25.5 Å². The molecule has 1 aromatic rings. The molecule has 0 aromatic heterocycles. The number of amides is 2. The van der Waals surface area contributed by atoms with E-state index in [2.05, 4.69) is 0 Å². The quantitative estimate of drug-likeness (QED) is 0.692. The molecular weight excluding hydrogens is 258 g/mol. The first-order valence-electron chi connectivity index (χ1n) is 6.40. The van der Waals surface area contributed by atoms with Crippen molar-refractivity contribution < 1.29 is 14.3 Å². The molecule has 0 radical (unpaired) electrons. The van der Waals surface area contributed by atoms with Gasteiger partial charge in [-0.2, -0.15) is 0 Å². The zero-order valence-electron chi connectivity index (χ0n) is 11.6. The maximum Gasteiger partial charge on any atom is 0.242 e. The molecule has 0 saturated carbocycles. The molecule has 0 bridgehead atoms. The highest BCUT2D eigenvalue weighted by atomic mass is 16.5. The van der Waals surface area contributed by atoms with Gasteiger partial charge in [0.1, 0.15) is 6.04 Å². The molecule has 20 heavy (non-hydrogen) atoms. The smallest absolute Gasteiger partial charge is 0.242 e. The molecule has 0 aliphatic carbocycles. The number of carbonyl (C=O) groups is 2. The summed E-state index contributed by atoms with van der Waals surface area (Å²) < 4.78 is 4.89. The van der Waals surface area contributed by atoms with Crippen molar-refractivity contribution in [1.29, 1.82) is 0 Å². The standard InChI is InChI=1S/C14H21N3O3/c1-20-10-12(15)14(19)17(8-7-13(16)18)9-11-5-3-2-4-6-11/h2-6,12H,7-10,15H2,1H3,(H2,16,18). The van der Waals surface area contributed by atoms with Crippen LogP contribution in [0, 0.1) is 0 Å². The molecule has 4 N–H and O–H groups in total. The van der Waals surface area contributed by atoms with Crippen LogP contribution in [0.4, 0.5) is 0 Å². The highest BCUT2D eigenvalue weighted by Gasteiger charge is 2.21. The molecule has 6 heteroatoms. The van der Waals surface area contributed by atoms with Crippen molar-refractivity contribution in [2.75, 3.05) is 20.3 Å². The fourth-order valence-electron chi connectivity index (χ4n) is 1.80. The monoisotopic (exact) mass is 279 g/mol. The number of hydrogen-bond acceptors (Lipinski definition) is 4. The first-order valence-corrected chi connectivity index (χ1v) is 6.40. The summed E-state index contributed by atoms with van der Waals surface area (Å²) >= 11 is 0. The van der Waals surface area contributed by atoms with E-state index >= 15 is 0 Å². The first-order chi connectivity index (χ1) is 9.54. The van der Waals surface area contributed by atoms with Crippen LogP contribution in [-0.2, 0) is 20.9 Å². The van der Waals surface area contributed by atoms with Gasteiger partial charge in [0.2, 0.25) is 11.8 Å². The molecule has 1 rings (SSSR count). The number of hydrogen-bond donors (Lipinski definition) is 2. The van der Waals surface area contributed by atoms with Crippen LogP contribution in [-0.4, -0.2) is 43.0 Å². The highest BCUT2D eigenvalue weighted by Crippen LogP contribution is 2.07. The maximum atomic E-state index is 12.2. The Bertz CT molecular complexity index is 437. The maximum absolute atomic E-state index is 12.2. The van der Waals surface area contributed by atoms with Crippen LogP contribution < -0.4 is 11.5 Å². The minimum atomic E-state index is -0.739. The Balaban J connectivity index is 2.73. The zero-order valence-corrected chi connectivity index (χ0v) is 11.6. The second kappa shape index (κ2) is 8.29. The summed E-state index contributed by atoms with van der Waals surface area (Å²) in [6, 6.07) is 8.76. The van der Waals surface area contributed by atoms with Crippen LogP contribution in [0.5, 0.6) is 0 Å². The van der Waals surface area contributed by atoms with Gasteiger partial charge in [-0.25, -0.2) is 0 Å². The predicted molar refractivity (Wildman–Crippen MR) is 75.5 cm³/mol. The minimum Gasteiger partial charge on any atom is -0.383 e. The lowest BCUT2D eigenvalue weighted by molar-refractivity contribution is -0.134. The highest BCUT2D eigenvalue weighted by molar-refractivity contribution is 5.82. The van der Waals surface area contributed by atoms with Gasteiger partial charge >= 0.3 is 0 Å². The van der Waals surface area contributed by atoms with E-state index in [9.17, 15) is 9.59 Å². The summed E-state index contributed by atoms with van der Waals surface area (Å²) in [5.74, 6) is -0.701. The van der Waals surface area contributed by atoms with Crippen LogP contribution in [0.15, 0.2) is 30.3 Å². The number of primary amides is 1. The summed E-state index contributed by atoms with van der Waals surface area (Å²) in [4.78, 5) is 24.7. The second-order valence-corrected chi connectivity index (χ2v) is 4.52. The second-order valence-electron chi connectivity index (χ2n) is 4.52. The molecule has 6 nitrogen and oxygen atoms in total. The third kappa shape index (κ3) is 5.38. The third-order valence-corrected chi connectivity index (χ3v) is 2.82. The van der Waals surface area contributed by atoms with Gasteiger partial charge < -0.3 is 21.1 Å². The van der Waals surface area contributed by atoms with E-state index < -0.39 is 11.9 Å². The summed E-state index contributed by atoms with van der Waals surface area (Å²) in [7, 11) is 1.48. The minimum absolute atomic E-state index is 0.109. The molecule has 0 aliphatic rings. The molecular formula is C14H21N3O3. The Labute approximate surface area is 118 Å². The molecule has 2 amide bonds. The molecule has 0 heterocycles. The number of nitrogens with two attached hydrogens (primary N) is 2. The number of nitrogens with zero attached hydrogens (tertiary/aromatic N) is 1. The van der Waals surface area contributed by atoms with Crippen LogP contribution in [0.3, 0.4) is 0 Å². The van der Waals surface area contributed by atoms with Crippen molar-refractivity contribution in [3.05, 3.63) is 35.9 Å². The van der Waals surface area contributed by atoms with E-state index in [1.807, 2.05) is 30.3 Å². The van der Waals surface area contributed by atoms with Crippen molar-refractivity contribution >= 4 is 11.8 Å². The van der Waals surface area contributed by atoms with Gasteiger partial charge in [-0.05, 0) is 5.56 Å². The normalized spacial score (nSPS) is 11.9. The largest absolute Gasteiger partial charge is 0.383 e. The lowest BCUT2D eigenvalue weighted by Gasteiger charge is -2.25. The van der Waals surface area contributed by atoms with Crippen molar-refractivity contribution in [3.63, 3.8) is 0 Å². The Hall–Kier alpha value is -1.92. The number of rotatable bonds is 8.